The van der Waals surface area contributed by atoms with E-state index in [-0.39, 0.29) is 5.56 Å². The number of nitrogens with one attached hydrogen (secondary N) is 1. The Kier molecular flexibility index (Phi) is 4.60. The molecule has 0 amide bonds. The van der Waals surface area contributed by atoms with E-state index in [9.17, 15) is 4.79 Å². The van der Waals surface area contributed by atoms with E-state index in [1.807, 2.05) is 47.7 Å². The van der Waals surface area contributed by atoms with Crippen LogP contribution in [-0.2, 0) is 6.42 Å². The van der Waals surface area contributed by atoms with E-state index in [1.54, 1.807) is 0 Å². The lowest BCUT2D eigenvalue weighted by atomic mass is 10.2. The molecular formula is C12H9Br2IN2O. The fourth-order valence-corrected chi connectivity index (χ4v) is 2.78. The fraction of sp³-hybridized carbons (Fsp3) is 0.167. The van der Waals surface area contributed by atoms with E-state index >= 15 is 0 Å². The molecule has 0 saturated carbocycles. The Morgan fingerprint density at radius 2 is 2.06 bits per heavy atom. The van der Waals surface area contributed by atoms with Crippen LogP contribution < -0.4 is 5.56 Å². The van der Waals surface area contributed by atoms with Gasteiger partial charge in [-0.25, -0.2) is 4.98 Å². The molecule has 18 heavy (non-hydrogen) atoms. The van der Waals surface area contributed by atoms with Crippen molar-refractivity contribution in [1.82, 2.24) is 9.97 Å². The average Bonchev–Trinajstić information content (AvgIpc) is 2.36. The zero-order chi connectivity index (χ0) is 13.3. The Bertz CT molecular complexity index is 655. The largest absolute Gasteiger partial charge is 0.306 e. The highest BCUT2D eigenvalue weighted by Crippen LogP contribution is 2.27. The lowest BCUT2D eigenvalue weighted by Crippen LogP contribution is -2.15. The van der Waals surface area contributed by atoms with Crippen LogP contribution in [0.3, 0.4) is 0 Å². The first-order chi connectivity index (χ1) is 8.52. The van der Waals surface area contributed by atoms with Gasteiger partial charge in [0.25, 0.3) is 5.56 Å². The number of nitrogens with zero attached hydrogens (tertiary/aromatic N) is 1. The quantitative estimate of drug-likeness (QED) is 0.653. The maximum atomic E-state index is 11.8. The number of H-pyrrole nitrogens is 1. The number of benzene rings is 1. The van der Waals surface area contributed by atoms with Crippen LogP contribution in [0.4, 0.5) is 0 Å². The first-order valence-electron chi connectivity index (χ1n) is 5.27. The summed E-state index contributed by atoms with van der Waals surface area (Å²) in [6.07, 6.45) is 0.743. The minimum atomic E-state index is -0.0866. The van der Waals surface area contributed by atoms with Crippen LogP contribution in [-0.4, -0.2) is 9.97 Å². The second-order valence-corrected chi connectivity index (χ2v) is 6.45. The van der Waals surface area contributed by atoms with Gasteiger partial charge < -0.3 is 4.98 Å². The molecule has 0 saturated heterocycles. The van der Waals surface area contributed by atoms with Crippen molar-refractivity contribution in [3.63, 3.8) is 0 Å². The standard InChI is InChI=1S/C12H9Br2IN2O/c1-2-9-10(15)12(18)17-11(16-9)6-3-4-7(13)8(14)5-6/h3-5H,2H2,1H3,(H,16,17,18). The molecule has 1 aromatic carbocycles. The topological polar surface area (TPSA) is 45.8 Å². The Morgan fingerprint density at radius 1 is 1.33 bits per heavy atom. The number of halogens is 3. The van der Waals surface area contributed by atoms with E-state index < -0.39 is 0 Å². The number of aromatic amines is 1. The number of rotatable bonds is 2. The molecule has 2 aromatic rings. The smallest absolute Gasteiger partial charge is 0.264 e. The second kappa shape index (κ2) is 5.83. The highest BCUT2D eigenvalue weighted by molar-refractivity contribution is 14.1. The lowest BCUT2D eigenvalue weighted by Gasteiger charge is -2.06. The number of aromatic nitrogens is 2. The molecule has 0 bridgehead atoms. The summed E-state index contributed by atoms with van der Waals surface area (Å²) in [5, 5.41) is 0. The van der Waals surface area contributed by atoms with Gasteiger partial charge in [0, 0.05) is 14.5 Å². The minimum Gasteiger partial charge on any atom is -0.306 e. The van der Waals surface area contributed by atoms with E-state index in [0.717, 1.165) is 26.6 Å². The molecule has 1 N–H and O–H groups in total. The average molecular weight is 484 g/mol. The molecule has 1 heterocycles. The van der Waals surface area contributed by atoms with Crippen LogP contribution in [0, 0.1) is 3.57 Å². The molecule has 0 spiro atoms. The van der Waals surface area contributed by atoms with Gasteiger partial charge in [0.15, 0.2) is 0 Å². The van der Waals surface area contributed by atoms with Crippen molar-refractivity contribution in [3.05, 3.63) is 46.8 Å². The van der Waals surface area contributed by atoms with Gasteiger partial charge in [0.2, 0.25) is 0 Å². The molecule has 2 rings (SSSR count). The highest BCUT2D eigenvalue weighted by atomic mass is 127. The predicted molar refractivity (Wildman–Crippen MR) is 87.8 cm³/mol. The summed E-state index contributed by atoms with van der Waals surface area (Å²) < 4.78 is 2.56. The van der Waals surface area contributed by atoms with Gasteiger partial charge in [-0.15, -0.1) is 0 Å². The van der Waals surface area contributed by atoms with Gasteiger partial charge in [-0.3, -0.25) is 4.79 Å². The minimum absolute atomic E-state index is 0.0866. The van der Waals surface area contributed by atoms with Crippen molar-refractivity contribution in [2.75, 3.05) is 0 Å². The maximum Gasteiger partial charge on any atom is 0.264 e. The Morgan fingerprint density at radius 3 is 2.67 bits per heavy atom. The third-order valence-electron chi connectivity index (χ3n) is 2.46. The molecule has 0 fully saturated rings. The Labute approximate surface area is 135 Å². The summed E-state index contributed by atoms with van der Waals surface area (Å²) in [6, 6.07) is 5.76. The lowest BCUT2D eigenvalue weighted by molar-refractivity contribution is 0.968. The summed E-state index contributed by atoms with van der Waals surface area (Å²) in [7, 11) is 0. The first kappa shape index (κ1) is 14.2. The van der Waals surface area contributed by atoms with Crippen LogP contribution >= 0.6 is 54.5 Å². The van der Waals surface area contributed by atoms with Gasteiger partial charge in [-0.05, 0) is 73.0 Å². The SMILES string of the molecule is CCc1nc(-c2ccc(Br)c(Br)c2)[nH]c(=O)c1I. The van der Waals surface area contributed by atoms with E-state index in [4.69, 9.17) is 0 Å². The maximum absolute atomic E-state index is 11.8. The summed E-state index contributed by atoms with van der Waals surface area (Å²) >= 11 is 8.89. The van der Waals surface area contributed by atoms with Gasteiger partial charge in [-0.2, -0.15) is 0 Å². The van der Waals surface area contributed by atoms with Gasteiger partial charge >= 0.3 is 0 Å². The Balaban J connectivity index is 2.60. The van der Waals surface area contributed by atoms with Crippen LogP contribution in [0.2, 0.25) is 0 Å². The van der Waals surface area contributed by atoms with Gasteiger partial charge in [-0.1, -0.05) is 13.0 Å². The van der Waals surface area contributed by atoms with Crippen molar-refractivity contribution in [1.29, 1.82) is 0 Å². The van der Waals surface area contributed by atoms with E-state index in [2.05, 4.69) is 41.8 Å². The van der Waals surface area contributed by atoms with Crippen molar-refractivity contribution in [2.24, 2.45) is 0 Å². The van der Waals surface area contributed by atoms with Crippen molar-refractivity contribution in [3.8, 4) is 11.4 Å². The fourth-order valence-electron chi connectivity index (χ4n) is 1.52. The normalized spacial score (nSPS) is 10.7. The summed E-state index contributed by atoms with van der Waals surface area (Å²) in [6.45, 7) is 1.99. The molecule has 94 valence electrons. The van der Waals surface area contributed by atoms with Gasteiger partial charge in [0.1, 0.15) is 5.82 Å². The molecule has 0 atom stereocenters. The van der Waals surface area contributed by atoms with Crippen LogP contribution in [0.5, 0.6) is 0 Å². The molecule has 6 heteroatoms. The number of aryl methyl sites for hydroxylation is 1. The highest BCUT2D eigenvalue weighted by Gasteiger charge is 2.09. The molecule has 0 aliphatic rings. The third-order valence-corrected chi connectivity index (χ3v) is 5.45. The van der Waals surface area contributed by atoms with Gasteiger partial charge in [0.05, 0.1) is 9.26 Å². The molecule has 3 nitrogen and oxygen atoms in total. The first-order valence-corrected chi connectivity index (χ1v) is 7.93. The van der Waals surface area contributed by atoms with E-state index in [1.165, 1.54) is 0 Å². The Hall–Kier alpha value is -0.210. The number of hydrogen-bond donors (Lipinski definition) is 1. The van der Waals surface area contributed by atoms with Crippen LogP contribution in [0.25, 0.3) is 11.4 Å². The zero-order valence-electron chi connectivity index (χ0n) is 9.43. The van der Waals surface area contributed by atoms with Crippen molar-refractivity contribution < 1.29 is 0 Å². The van der Waals surface area contributed by atoms with Crippen LogP contribution in [0.1, 0.15) is 12.6 Å². The second-order valence-electron chi connectivity index (χ2n) is 3.66. The van der Waals surface area contributed by atoms with Crippen molar-refractivity contribution >= 4 is 54.5 Å². The molecular weight excluding hydrogens is 475 g/mol. The molecule has 0 aliphatic heterocycles. The molecule has 0 radical (unpaired) electrons. The monoisotopic (exact) mass is 482 g/mol. The van der Waals surface area contributed by atoms with E-state index in [0.29, 0.717) is 9.39 Å². The molecule has 1 aromatic heterocycles. The predicted octanol–water partition coefficient (Wildman–Crippen LogP) is 4.13. The molecule has 0 aliphatic carbocycles. The summed E-state index contributed by atoms with van der Waals surface area (Å²) in [5.41, 5.74) is 1.62. The summed E-state index contributed by atoms with van der Waals surface area (Å²) in [4.78, 5) is 19.1. The molecule has 0 unspecified atom stereocenters. The third kappa shape index (κ3) is 2.85. The summed E-state index contributed by atoms with van der Waals surface area (Å²) in [5.74, 6) is 0.602. The van der Waals surface area contributed by atoms with Crippen molar-refractivity contribution in [2.45, 2.75) is 13.3 Å². The number of hydrogen-bond acceptors (Lipinski definition) is 2. The zero-order valence-corrected chi connectivity index (χ0v) is 14.8. The van der Waals surface area contributed by atoms with Crippen LogP contribution in [0.15, 0.2) is 31.9 Å².